The highest BCUT2D eigenvalue weighted by atomic mass is 35.5. The maximum atomic E-state index is 11.6. The van der Waals surface area contributed by atoms with E-state index in [0.717, 1.165) is 29.1 Å². The second-order valence-electron chi connectivity index (χ2n) is 8.43. The van der Waals surface area contributed by atoms with E-state index in [1.807, 2.05) is 12.1 Å². The standard InChI is InChI=1S/C18H28ClNO2Si/c1-12(21)20-15-10-13(18(5)8-9-18)14(19)11-16(15)22-23(6,7)17(2,3)4/h10-11H,8-9H2,1-7H3,(H,20,21). The summed E-state index contributed by atoms with van der Waals surface area (Å²) in [4.78, 5) is 11.6. The van der Waals surface area contributed by atoms with Crippen molar-refractivity contribution in [2.75, 3.05) is 5.32 Å². The third-order valence-electron chi connectivity index (χ3n) is 5.20. The predicted molar refractivity (Wildman–Crippen MR) is 100 cm³/mol. The minimum absolute atomic E-state index is 0.0775. The molecule has 0 bridgehead atoms. The summed E-state index contributed by atoms with van der Waals surface area (Å²) in [5.41, 5.74) is 1.97. The largest absolute Gasteiger partial charge is 0.542 e. The Kier molecular flexibility index (Phi) is 4.64. The number of carbonyl (C=O) groups is 1. The van der Waals surface area contributed by atoms with Crippen LogP contribution in [0.1, 0.15) is 53.0 Å². The Morgan fingerprint density at radius 2 is 1.87 bits per heavy atom. The summed E-state index contributed by atoms with van der Waals surface area (Å²) in [6.45, 7) is 14.7. The topological polar surface area (TPSA) is 38.3 Å². The highest BCUT2D eigenvalue weighted by Crippen LogP contribution is 2.52. The molecule has 0 aromatic heterocycles. The van der Waals surface area contributed by atoms with Gasteiger partial charge in [-0.25, -0.2) is 0 Å². The lowest BCUT2D eigenvalue weighted by atomic mass is 9.97. The van der Waals surface area contributed by atoms with Crippen LogP contribution in [0.25, 0.3) is 0 Å². The average Bonchev–Trinajstić information content (AvgIpc) is 3.09. The molecule has 0 atom stereocenters. The predicted octanol–water partition coefficient (Wildman–Crippen LogP) is 5.73. The van der Waals surface area contributed by atoms with Gasteiger partial charge >= 0.3 is 0 Å². The molecular weight excluding hydrogens is 326 g/mol. The second-order valence-corrected chi connectivity index (χ2v) is 13.6. The van der Waals surface area contributed by atoms with Gasteiger partial charge in [-0.2, -0.15) is 0 Å². The number of carbonyl (C=O) groups excluding carboxylic acids is 1. The van der Waals surface area contributed by atoms with Crippen LogP contribution in [0.5, 0.6) is 5.75 Å². The molecular formula is C18H28ClNO2Si. The van der Waals surface area contributed by atoms with Crippen LogP contribution in [0.3, 0.4) is 0 Å². The smallest absolute Gasteiger partial charge is 0.250 e. The second kappa shape index (κ2) is 5.82. The van der Waals surface area contributed by atoms with Gasteiger partial charge in [0.2, 0.25) is 5.91 Å². The molecule has 0 heterocycles. The molecule has 0 unspecified atom stereocenters. The summed E-state index contributed by atoms with van der Waals surface area (Å²) in [5.74, 6) is 0.587. The van der Waals surface area contributed by atoms with E-state index < -0.39 is 8.32 Å². The lowest BCUT2D eigenvalue weighted by molar-refractivity contribution is -0.114. The number of amides is 1. The minimum atomic E-state index is -2.01. The number of anilines is 1. The van der Waals surface area contributed by atoms with Crippen molar-refractivity contribution in [1.82, 2.24) is 0 Å². The van der Waals surface area contributed by atoms with Crippen molar-refractivity contribution in [3.63, 3.8) is 0 Å². The third kappa shape index (κ3) is 3.91. The monoisotopic (exact) mass is 353 g/mol. The van der Waals surface area contributed by atoms with Crippen LogP contribution >= 0.6 is 11.6 Å². The SMILES string of the molecule is CC(=O)Nc1cc(C2(C)CC2)c(Cl)cc1O[Si](C)(C)C(C)(C)C. The fourth-order valence-electron chi connectivity index (χ4n) is 2.27. The number of rotatable bonds is 4. The summed E-state index contributed by atoms with van der Waals surface area (Å²) in [5, 5.41) is 3.72. The van der Waals surface area contributed by atoms with E-state index >= 15 is 0 Å². The van der Waals surface area contributed by atoms with E-state index in [4.69, 9.17) is 16.0 Å². The molecule has 3 nitrogen and oxygen atoms in total. The highest BCUT2D eigenvalue weighted by molar-refractivity contribution is 6.74. The molecule has 1 aromatic rings. The molecule has 1 aromatic carbocycles. The van der Waals surface area contributed by atoms with Gasteiger partial charge < -0.3 is 9.74 Å². The molecule has 0 saturated heterocycles. The zero-order valence-corrected chi connectivity index (χ0v) is 17.0. The van der Waals surface area contributed by atoms with E-state index in [9.17, 15) is 4.79 Å². The summed E-state index contributed by atoms with van der Waals surface area (Å²) in [6.07, 6.45) is 2.27. The first-order valence-electron chi connectivity index (χ1n) is 8.16. The van der Waals surface area contributed by atoms with Crippen LogP contribution in [-0.2, 0) is 10.2 Å². The van der Waals surface area contributed by atoms with Crippen molar-refractivity contribution < 1.29 is 9.22 Å². The van der Waals surface area contributed by atoms with Gasteiger partial charge in [0.15, 0.2) is 0 Å². The normalized spacial score (nSPS) is 16.9. The molecule has 0 aliphatic heterocycles. The molecule has 0 radical (unpaired) electrons. The molecule has 2 rings (SSSR count). The van der Waals surface area contributed by atoms with Crippen LogP contribution < -0.4 is 9.74 Å². The number of halogens is 1. The zero-order chi connectivity index (χ0) is 17.6. The number of benzene rings is 1. The van der Waals surface area contributed by atoms with Crippen LogP contribution in [0.15, 0.2) is 12.1 Å². The molecule has 128 valence electrons. The summed E-state index contributed by atoms with van der Waals surface area (Å²) >= 11 is 6.53. The van der Waals surface area contributed by atoms with E-state index in [1.54, 1.807) is 0 Å². The summed E-state index contributed by atoms with van der Waals surface area (Å²) in [6, 6.07) is 3.88. The molecule has 0 spiro atoms. The van der Waals surface area contributed by atoms with Gasteiger partial charge in [-0.1, -0.05) is 39.3 Å². The quantitative estimate of drug-likeness (QED) is 0.701. The molecule has 1 N–H and O–H groups in total. The van der Waals surface area contributed by atoms with Crippen molar-refractivity contribution in [3.05, 3.63) is 22.7 Å². The maximum absolute atomic E-state index is 11.6. The molecule has 1 saturated carbocycles. The van der Waals surface area contributed by atoms with E-state index in [2.05, 4.69) is 46.1 Å². The number of nitrogens with one attached hydrogen (secondary N) is 1. The fourth-order valence-corrected chi connectivity index (χ4v) is 3.68. The maximum Gasteiger partial charge on any atom is 0.250 e. The average molecular weight is 354 g/mol. The molecule has 23 heavy (non-hydrogen) atoms. The van der Waals surface area contributed by atoms with Crippen LogP contribution in [0.2, 0.25) is 23.2 Å². The molecule has 1 amide bonds. The zero-order valence-electron chi connectivity index (χ0n) is 15.3. The molecule has 1 fully saturated rings. The Morgan fingerprint density at radius 1 is 1.30 bits per heavy atom. The van der Waals surface area contributed by atoms with Crippen molar-refractivity contribution in [2.24, 2.45) is 0 Å². The highest BCUT2D eigenvalue weighted by Gasteiger charge is 2.42. The Morgan fingerprint density at radius 3 is 2.30 bits per heavy atom. The molecule has 1 aliphatic carbocycles. The first-order valence-corrected chi connectivity index (χ1v) is 11.4. The van der Waals surface area contributed by atoms with Crippen molar-refractivity contribution in [3.8, 4) is 5.75 Å². The Labute approximate surface area is 145 Å². The fraction of sp³-hybridized carbons (Fsp3) is 0.611. The Hall–Kier alpha value is -1.00. The van der Waals surface area contributed by atoms with Gasteiger partial charge in [0.25, 0.3) is 8.32 Å². The van der Waals surface area contributed by atoms with Crippen molar-refractivity contribution in [2.45, 2.75) is 71.0 Å². The summed E-state index contributed by atoms with van der Waals surface area (Å²) in [7, 11) is -2.01. The van der Waals surface area contributed by atoms with Crippen molar-refractivity contribution in [1.29, 1.82) is 0 Å². The van der Waals surface area contributed by atoms with Gasteiger partial charge in [-0.15, -0.1) is 0 Å². The molecule has 1 aliphatic rings. The Bertz CT molecular complexity index is 631. The van der Waals surface area contributed by atoms with Gasteiger partial charge in [0.1, 0.15) is 5.75 Å². The number of hydrogen-bond donors (Lipinski definition) is 1. The first kappa shape index (κ1) is 18.3. The van der Waals surface area contributed by atoms with E-state index in [0.29, 0.717) is 5.75 Å². The van der Waals surface area contributed by atoms with Gasteiger partial charge in [-0.3, -0.25) is 4.79 Å². The number of hydrogen-bond acceptors (Lipinski definition) is 2. The lowest BCUT2D eigenvalue weighted by Crippen LogP contribution is -2.44. The first-order chi connectivity index (χ1) is 10.4. The Balaban J connectivity index is 2.46. The third-order valence-corrected chi connectivity index (χ3v) is 9.86. The van der Waals surface area contributed by atoms with Crippen molar-refractivity contribution >= 4 is 31.5 Å². The summed E-state index contributed by atoms with van der Waals surface area (Å²) < 4.78 is 6.41. The lowest BCUT2D eigenvalue weighted by Gasteiger charge is -2.37. The van der Waals surface area contributed by atoms with Gasteiger partial charge in [0, 0.05) is 11.9 Å². The van der Waals surface area contributed by atoms with Crippen LogP contribution in [0, 0.1) is 0 Å². The van der Waals surface area contributed by atoms with Crippen LogP contribution in [0.4, 0.5) is 5.69 Å². The van der Waals surface area contributed by atoms with E-state index in [-0.39, 0.29) is 16.4 Å². The molecule has 5 heteroatoms. The van der Waals surface area contributed by atoms with Gasteiger partial charge in [0.05, 0.1) is 5.69 Å². The van der Waals surface area contributed by atoms with Gasteiger partial charge in [-0.05, 0) is 54.1 Å². The minimum Gasteiger partial charge on any atom is -0.542 e. The van der Waals surface area contributed by atoms with Crippen LogP contribution in [-0.4, -0.2) is 14.2 Å². The van der Waals surface area contributed by atoms with E-state index in [1.165, 1.54) is 6.92 Å².